The summed E-state index contributed by atoms with van der Waals surface area (Å²) in [4.78, 5) is 10.3. The zero-order chi connectivity index (χ0) is 13.9. The molecule has 0 atom stereocenters. The fourth-order valence-electron chi connectivity index (χ4n) is 1.66. The van der Waals surface area contributed by atoms with E-state index in [1.54, 1.807) is 13.8 Å². The largest absolute Gasteiger partial charge is 0.481 e. The molecule has 0 heterocycles. The number of carbonyl (C=O) groups is 1. The van der Waals surface area contributed by atoms with Crippen LogP contribution in [0.15, 0.2) is 12.1 Å². The van der Waals surface area contributed by atoms with Crippen LogP contribution in [0.1, 0.15) is 36.0 Å². The van der Waals surface area contributed by atoms with Gasteiger partial charge in [0.15, 0.2) is 0 Å². The van der Waals surface area contributed by atoms with E-state index in [1.807, 2.05) is 0 Å². The molecule has 0 aliphatic carbocycles. The number of hydrogen-bond acceptors (Lipinski definition) is 1. The molecule has 18 heavy (non-hydrogen) atoms. The van der Waals surface area contributed by atoms with E-state index in [4.69, 9.17) is 16.7 Å². The Morgan fingerprint density at radius 2 is 1.89 bits per heavy atom. The number of aliphatic carboxylic acids is 1. The molecule has 1 rings (SSSR count). The molecule has 0 radical (unpaired) electrons. The summed E-state index contributed by atoms with van der Waals surface area (Å²) in [7, 11) is 0. The summed E-state index contributed by atoms with van der Waals surface area (Å²) in [5, 5.41) is 8.47. The third-order valence-corrected chi connectivity index (χ3v) is 3.17. The van der Waals surface area contributed by atoms with Gasteiger partial charge in [0, 0.05) is 18.4 Å². The number of carboxylic acid groups (broad SMARTS) is 1. The summed E-state index contributed by atoms with van der Waals surface area (Å²) in [6.07, 6.45) is -0.856. The highest BCUT2D eigenvalue weighted by molar-refractivity contribution is 6.31. The second-order valence-corrected chi connectivity index (χ2v) is 4.78. The molecule has 0 aliphatic rings. The SMILES string of the molecule is Cc1cc(Cl)c(C(F)(F)CCCC(=O)O)cc1C. The molecule has 0 aliphatic heterocycles. The molecule has 100 valence electrons. The quantitative estimate of drug-likeness (QED) is 0.870. The molecule has 0 saturated heterocycles. The Morgan fingerprint density at radius 1 is 1.33 bits per heavy atom. The molecular formula is C13H15ClF2O2. The van der Waals surface area contributed by atoms with E-state index in [0.717, 1.165) is 11.1 Å². The van der Waals surface area contributed by atoms with Gasteiger partial charge in [-0.15, -0.1) is 0 Å². The minimum Gasteiger partial charge on any atom is -0.481 e. The normalized spacial score (nSPS) is 11.6. The van der Waals surface area contributed by atoms with Crippen LogP contribution in [0.4, 0.5) is 8.78 Å². The summed E-state index contributed by atoms with van der Waals surface area (Å²) in [5.41, 5.74) is 1.37. The Hall–Kier alpha value is -1.16. The molecule has 0 fully saturated rings. The first-order valence-corrected chi connectivity index (χ1v) is 5.98. The Kier molecular flexibility index (Phi) is 4.68. The van der Waals surface area contributed by atoms with Crippen molar-refractivity contribution < 1.29 is 18.7 Å². The summed E-state index contributed by atoms with van der Waals surface area (Å²) in [6, 6.07) is 2.88. The number of hydrogen-bond donors (Lipinski definition) is 1. The van der Waals surface area contributed by atoms with Crippen molar-refractivity contribution in [2.45, 2.75) is 39.0 Å². The van der Waals surface area contributed by atoms with Crippen molar-refractivity contribution >= 4 is 17.6 Å². The lowest BCUT2D eigenvalue weighted by Gasteiger charge is -2.19. The first-order valence-electron chi connectivity index (χ1n) is 5.61. The maximum absolute atomic E-state index is 13.9. The second kappa shape index (κ2) is 5.65. The maximum Gasteiger partial charge on any atom is 0.303 e. The minimum absolute atomic E-state index is 0.0263. The number of rotatable bonds is 5. The van der Waals surface area contributed by atoms with Crippen LogP contribution < -0.4 is 0 Å². The molecule has 0 spiro atoms. The highest BCUT2D eigenvalue weighted by Crippen LogP contribution is 2.38. The first-order chi connectivity index (χ1) is 8.24. The monoisotopic (exact) mass is 276 g/mol. The third-order valence-electron chi connectivity index (χ3n) is 2.86. The van der Waals surface area contributed by atoms with Crippen molar-refractivity contribution in [3.05, 3.63) is 33.8 Å². The lowest BCUT2D eigenvalue weighted by molar-refractivity contribution is -0.137. The van der Waals surface area contributed by atoms with Gasteiger partial charge in [-0.2, -0.15) is 0 Å². The Morgan fingerprint density at radius 3 is 2.44 bits per heavy atom. The Balaban J connectivity index is 2.90. The van der Waals surface area contributed by atoms with E-state index >= 15 is 0 Å². The average molecular weight is 277 g/mol. The van der Waals surface area contributed by atoms with Crippen molar-refractivity contribution in [3.8, 4) is 0 Å². The first kappa shape index (κ1) is 14.9. The molecule has 0 bridgehead atoms. The van der Waals surface area contributed by atoms with E-state index in [0.29, 0.717) is 0 Å². The van der Waals surface area contributed by atoms with Crippen molar-refractivity contribution in [1.29, 1.82) is 0 Å². The Bertz CT molecular complexity index is 459. The lowest BCUT2D eigenvalue weighted by Crippen LogP contribution is -2.15. The van der Waals surface area contributed by atoms with E-state index in [2.05, 4.69) is 0 Å². The third kappa shape index (κ3) is 3.67. The number of alkyl halides is 2. The van der Waals surface area contributed by atoms with Crippen LogP contribution in [0.25, 0.3) is 0 Å². The number of halogens is 3. The van der Waals surface area contributed by atoms with E-state index in [-0.39, 0.29) is 23.4 Å². The lowest BCUT2D eigenvalue weighted by atomic mass is 9.98. The molecule has 1 N–H and O–H groups in total. The summed E-state index contributed by atoms with van der Waals surface area (Å²) >= 11 is 5.83. The van der Waals surface area contributed by atoms with Crippen molar-refractivity contribution in [3.63, 3.8) is 0 Å². The van der Waals surface area contributed by atoms with Gasteiger partial charge < -0.3 is 5.11 Å². The van der Waals surface area contributed by atoms with Gasteiger partial charge in [0.05, 0.1) is 5.02 Å². The van der Waals surface area contributed by atoms with Crippen molar-refractivity contribution in [1.82, 2.24) is 0 Å². The van der Waals surface area contributed by atoms with Crippen LogP contribution in [-0.2, 0) is 10.7 Å². The number of benzene rings is 1. The van der Waals surface area contributed by atoms with Crippen LogP contribution in [0.5, 0.6) is 0 Å². The number of carboxylic acids is 1. The predicted molar refractivity (Wildman–Crippen MR) is 66.3 cm³/mol. The van der Waals surface area contributed by atoms with Crippen LogP contribution in [-0.4, -0.2) is 11.1 Å². The molecule has 0 aromatic heterocycles. The maximum atomic E-state index is 13.9. The molecular weight excluding hydrogens is 262 g/mol. The van der Waals surface area contributed by atoms with Crippen molar-refractivity contribution in [2.24, 2.45) is 0 Å². The van der Waals surface area contributed by atoms with Crippen LogP contribution in [0, 0.1) is 13.8 Å². The molecule has 0 amide bonds. The molecule has 2 nitrogen and oxygen atoms in total. The fraction of sp³-hybridized carbons (Fsp3) is 0.462. The molecule has 0 unspecified atom stereocenters. The highest BCUT2D eigenvalue weighted by Gasteiger charge is 2.33. The van der Waals surface area contributed by atoms with Crippen LogP contribution in [0.3, 0.4) is 0 Å². The smallest absolute Gasteiger partial charge is 0.303 e. The zero-order valence-electron chi connectivity index (χ0n) is 10.3. The highest BCUT2D eigenvalue weighted by atomic mass is 35.5. The van der Waals surface area contributed by atoms with E-state index in [1.165, 1.54) is 12.1 Å². The number of aryl methyl sites for hydroxylation is 2. The van der Waals surface area contributed by atoms with Gasteiger partial charge in [-0.3, -0.25) is 4.79 Å². The van der Waals surface area contributed by atoms with Crippen molar-refractivity contribution in [2.75, 3.05) is 0 Å². The summed E-state index contributed by atoms with van der Waals surface area (Å²) in [6.45, 7) is 3.54. The topological polar surface area (TPSA) is 37.3 Å². The van der Waals surface area contributed by atoms with Crippen LogP contribution in [0.2, 0.25) is 5.02 Å². The van der Waals surface area contributed by atoms with E-state index < -0.39 is 18.3 Å². The zero-order valence-corrected chi connectivity index (χ0v) is 11.0. The predicted octanol–water partition coefficient (Wildman–Crippen LogP) is 4.30. The standard InChI is InChI=1S/C13H15ClF2O2/c1-8-6-10(11(14)7-9(8)2)13(15,16)5-3-4-12(17)18/h6-7H,3-5H2,1-2H3,(H,17,18). The average Bonchev–Trinajstić information content (AvgIpc) is 2.22. The van der Waals surface area contributed by atoms with Gasteiger partial charge >= 0.3 is 5.97 Å². The second-order valence-electron chi connectivity index (χ2n) is 4.37. The van der Waals surface area contributed by atoms with Gasteiger partial charge in [-0.1, -0.05) is 11.6 Å². The van der Waals surface area contributed by atoms with Gasteiger partial charge in [-0.05, 0) is 43.5 Å². The van der Waals surface area contributed by atoms with Gasteiger partial charge in [0.1, 0.15) is 0 Å². The Labute approximate surface area is 110 Å². The molecule has 0 saturated carbocycles. The van der Waals surface area contributed by atoms with Gasteiger partial charge in [0.2, 0.25) is 0 Å². The fourth-order valence-corrected chi connectivity index (χ4v) is 2.01. The summed E-state index contributed by atoms with van der Waals surface area (Å²) < 4.78 is 27.8. The van der Waals surface area contributed by atoms with E-state index in [9.17, 15) is 13.6 Å². The summed E-state index contributed by atoms with van der Waals surface area (Å²) in [5.74, 6) is -4.16. The minimum atomic E-state index is -3.09. The molecule has 1 aromatic rings. The molecule has 1 aromatic carbocycles. The van der Waals surface area contributed by atoms with Crippen LogP contribution >= 0.6 is 11.6 Å². The van der Waals surface area contributed by atoms with Gasteiger partial charge in [-0.25, -0.2) is 8.78 Å². The van der Waals surface area contributed by atoms with Gasteiger partial charge in [0.25, 0.3) is 5.92 Å². The molecule has 5 heteroatoms.